The van der Waals surface area contributed by atoms with E-state index in [9.17, 15) is 9.59 Å². The average molecular weight is 344 g/mol. The molecule has 0 aliphatic rings. The number of nitrogens with zero attached hydrogens (tertiary/aromatic N) is 4. The van der Waals surface area contributed by atoms with E-state index >= 15 is 0 Å². The SMILES string of the molecule is COc1cccc(-c2nc(SC)c3c(=O)n(C)c(=O)n(C)c3n2)c1. The van der Waals surface area contributed by atoms with Crippen molar-refractivity contribution >= 4 is 22.8 Å². The normalized spacial score (nSPS) is 11.0. The summed E-state index contributed by atoms with van der Waals surface area (Å²) in [4.78, 5) is 33.6. The third kappa shape index (κ3) is 2.48. The second-order valence-corrected chi connectivity index (χ2v) is 5.99. The largest absolute Gasteiger partial charge is 0.497 e. The van der Waals surface area contributed by atoms with Crippen LogP contribution < -0.4 is 16.0 Å². The van der Waals surface area contributed by atoms with E-state index in [-0.39, 0.29) is 0 Å². The summed E-state index contributed by atoms with van der Waals surface area (Å²) in [5.41, 5.74) is 0.254. The molecule has 3 rings (SSSR count). The van der Waals surface area contributed by atoms with Gasteiger partial charge in [-0.3, -0.25) is 13.9 Å². The lowest BCUT2D eigenvalue weighted by atomic mass is 10.2. The fourth-order valence-corrected chi connectivity index (χ4v) is 3.03. The van der Waals surface area contributed by atoms with Crippen molar-refractivity contribution in [2.75, 3.05) is 13.4 Å². The second-order valence-electron chi connectivity index (χ2n) is 5.19. The number of rotatable bonds is 3. The molecule has 0 unspecified atom stereocenters. The standard InChI is InChI=1S/C16H16N4O3S/c1-19-13-11(15(21)20(2)16(19)22)14(24-4)18-12(17-13)9-6-5-7-10(8-9)23-3/h5-8H,1-4H3. The third-order valence-corrected chi connectivity index (χ3v) is 4.47. The molecule has 0 aliphatic carbocycles. The van der Waals surface area contributed by atoms with Gasteiger partial charge in [0.15, 0.2) is 11.5 Å². The van der Waals surface area contributed by atoms with Crippen molar-refractivity contribution < 1.29 is 4.74 Å². The van der Waals surface area contributed by atoms with Gasteiger partial charge < -0.3 is 4.74 Å². The lowest BCUT2D eigenvalue weighted by Crippen LogP contribution is -2.37. The number of ether oxygens (including phenoxy) is 1. The van der Waals surface area contributed by atoms with Crippen LogP contribution in [0.5, 0.6) is 5.75 Å². The Hall–Kier alpha value is -2.61. The number of fused-ring (bicyclic) bond motifs is 1. The Morgan fingerprint density at radius 3 is 2.54 bits per heavy atom. The maximum absolute atomic E-state index is 12.5. The van der Waals surface area contributed by atoms with Gasteiger partial charge in [0.1, 0.15) is 16.2 Å². The molecule has 0 saturated carbocycles. The predicted octanol–water partition coefficient (Wildman–Crippen LogP) is 1.42. The van der Waals surface area contributed by atoms with E-state index in [1.807, 2.05) is 30.5 Å². The highest BCUT2D eigenvalue weighted by Crippen LogP contribution is 2.26. The number of hydrogen-bond donors (Lipinski definition) is 0. The molecule has 8 heteroatoms. The number of benzene rings is 1. The zero-order chi connectivity index (χ0) is 17.4. The van der Waals surface area contributed by atoms with Crippen molar-refractivity contribution in [1.82, 2.24) is 19.1 Å². The first-order valence-electron chi connectivity index (χ1n) is 7.14. The molecule has 0 bridgehead atoms. The molecule has 0 saturated heterocycles. The molecule has 0 aliphatic heterocycles. The van der Waals surface area contributed by atoms with Crippen LogP contribution in [0.15, 0.2) is 38.9 Å². The molecule has 124 valence electrons. The topological polar surface area (TPSA) is 79.0 Å². The smallest absolute Gasteiger partial charge is 0.332 e. The lowest BCUT2D eigenvalue weighted by Gasteiger charge is -2.11. The minimum atomic E-state index is -0.421. The van der Waals surface area contributed by atoms with E-state index in [0.717, 1.165) is 10.1 Å². The quantitative estimate of drug-likeness (QED) is 0.528. The van der Waals surface area contributed by atoms with Gasteiger partial charge >= 0.3 is 5.69 Å². The summed E-state index contributed by atoms with van der Waals surface area (Å²) in [7, 11) is 4.63. The van der Waals surface area contributed by atoms with E-state index in [1.165, 1.54) is 23.4 Å². The highest BCUT2D eigenvalue weighted by atomic mass is 32.2. The Morgan fingerprint density at radius 2 is 1.88 bits per heavy atom. The van der Waals surface area contributed by atoms with Crippen molar-refractivity contribution in [2.45, 2.75) is 5.03 Å². The molecular formula is C16H16N4O3S. The Bertz CT molecular complexity index is 1060. The van der Waals surface area contributed by atoms with Gasteiger partial charge in [-0.1, -0.05) is 12.1 Å². The van der Waals surface area contributed by atoms with E-state index in [4.69, 9.17) is 4.74 Å². The van der Waals surface area contributed by atoms with Gasteiger partial charge in [-0.2, -0.15) is 0 Å². The number of hydrogen-bond acceptors (Lipinski definition) is 6. The maximum Gasteiger partial charge on any atom is 0.332 e. The molecule has 2 aromatic heterocycles. The Labute approximate surface area is 141 Å². The molecule has 0 atom stereocenters. The van der Waals surface area contributed by atoms with Crippen LogP contribution in [0.2, 0.25) is 0 Å². The molecule has 0 spiro atoms. The lowest BCUT2D eigenvalue weighted by molar-refractivity contribution is 0.415. The first kappa shape index (κ1) is 16.3. The molecule has 0 amide bonds. The van der Waals surface area contributed by atoms with Gasteiger partial charge in [0, 0.05) is 19.7 Å². The summed E-state index contributed by atoms with van der Waals surface area (Å²) >= 11 is 1.34. The van der Waals surface area contributed by atoms with Crippen LogP contribution in [0.3, 0.4) is 0 Å². The molecular weight excluding hydrogens is 328 g/mol. The van der Waals surface area contributed by atoms with E-state index in [2.05, 4.69) is 9.97 Å². The number of aromatic nitrogens is 4. The van der Waals surface area contributed by atoms with Crippen LogP contribution in [0.1, 0.15) is 0 Å². The summed E-state index contributed by atoms with van der Waals surface area (Å²) < 4.78 is 7.66. The Balaban J connectivity index is 2.41. The van der Waals surface area contributed by atoms with Crippen molar-refractivity contribution in [3.05, 3.63) is 45.1 Å². The van der Waals surface area contributed by atoms with Crippen molar-refractivity contribution in [3.63, 3.8) is 0 Å². The van der Waals surface area contributed by atoms with Gasteiger partial charge in [-0.05, 0) is 18.4 Å². The van der Waals surface area contributed by atoms with Crippen molar-refractivity contribution in [3.8, 4) is 17.1 Å². The van der Waals surface area contributed by atoms with Crippen LogP contribution in [0, 0.1) is 0 Å². The van der Waals surface area contributed by atoms with Crippen LogP contribution in [-0.2, 0) is 14.1 Å². The van der Waals surface area contributed by atoms with E-state index in [1.54, 1.807) is 14.2 Å². The fourth-order valence-electron chi connectivity index (χ4n) is 2.47. The Morgan fingerprint density at radius 1 is 1.12 bits per heavy atom. The predicted molar refractivity (Wildman–Crippen MR) is 93.8 cm³/mol. The van der Waals surface area contributed by atoms with Crippen LogP contribution in [0.25, 0.3) is 22.4 Å². The molecule has 2 heterocycles. The first-order valence-corrected chi connectivity index (χ1v) is 8.36. The highest BCUT2D eigenvalue weighted by molar-refractivity contribution is 7.98. The van der Waals surface area contributed by atoms with E-state index < -0.39 is 11.2 Å². The summed E-state index contributed by atoms with van der Waals surface area (Å²) in [5, 5.41) is 0.882. The zero-order valence-electron chi connectivity index (χ0n) is 13.7. The van der Waals surface area contributed by atoms with Gasteiger partial charge in [0.05, 0.1) is 7.11 Å². The second kappa shape index (κ2) is 6.12. The third-order valence-electron chi connectivity index (χ3n) is 3.79. The molecule has 7 nitrogen and oxygen atoms in total. The van der Waals surface area contributed by atoms with Crippen LogP contribution >= 0.6 is 11.8 Å². The maximum atomic E-state index is 12.5. The summed E-state index contributed by atoms with van der Waals surface area (Å²) in [6, 6.07) is 7.33. The zero-order valence-corrected chi connectivity index (χ0v) is 14.5. The van der Waals surface area contributed by atoms with Gasteiger partial charge in [-0.15, -0.1) is 11.8 Å². The van der Waals surface area contributed by atoms with Gasteiger partial charge in [-0.25, -0.2) is 14.8 Å². The molecule has 0 N–H and O–H groups in total. The number of thioether (sulfide) groups is 1. The molecule has 3 aromatic rings. The summed E-state index contributed by atoms with van der Waals surface area (Å²) in [6.07, 6.45) is 1.83. The molecule has 1 aromatic carbocycles. The van der Waals surface area contributed by atoms with Gasteiger partial charge in [0.2, 0.25) is 0 Å². The Kier molecular flexibility index (Phi) is 4.15. The minimum Gasteiger partial charge on any atom is -0.497 e. The number of methoxy groups -OCH3 is 1. The monoisotopic (exact) mass is 344 g/mol. The molecule has 0 fully saturated rings. The number of aryl methyl sites for hydroxylation is 1. The van der Waals surface area contributed by atoms with E-state index in [0.29, 0.717) is 27.6 Å². The minimum absolute atomic E-state index is 0.320. The summed E-state index contributed by atoms with van der Waals surface area (Å²) in [6.45, 7) is 0. The fraction of sp³-hybridized carbons (Fsp3) is 0.250. The molecule has 24 heavy (non-hydrogen) atoms. The van der Waals surface area contributed by atoms with Crippen molar-refractivity contribution in [1.29, 1.82) is 0 Å². The first-order chi connectivity index (χ1) is 11.5. The van der Waals surface area contributed by atoms with Crippen LogP contribution in [-0.4, -0.2) is 32.5 Å². The summed E-state index contributed by atoms with van der Waals surface area (Å²) in [5.74, 6) is 1.12. The van der Waals surface area contributed by atoms with Gasteiger partial charge in [0.25, 0.3) is 5.56 Å². The van der Waals surface area contributed by atoms with Crippen LogP contribution in [0.4, 0.5) is 0 Å². The molecule has 0 radical (unpaired) electrons. The average Bonchev–Trinajstić information content (AvgIpc) is 2.63. The highest BCUT2D eigenvalue weighted by Gasteiger charge is 2.17. The van der Waals surface area contributed by atoms with Crippen molar-refractivity contribution in [2.24, 2.45) is 14.1 Å².